The molecule has 0 aromatic heterocycles. The van der Waals surface area contributed by atoms with E-state index in [4.69, 9.17) is 9.47 Å². The molecular formula is C20H22N2O5. The van der Waals surface area contributed by atoms with Gasteiger partial charge < -0.3 is 20.1 Å². The van der Waals surface area contributed by atoms with Crippen LogP contribution in [0.25, 0.3) is 0 Å². The molecule has 0 aliphatic rings. The molecule has 2 aromatic carbocycles. The summed E-state index contributed by atoms with van der Waals surface area (Å²) in [4.78, 5) is 35.5. The van der Waals surface area contributed by atoms with Gasteiger partial charge in [-0.25, -0.2) is 0 Å². The molecule has 142 valence electrons. The van der Waals surface area contributed by atoms with E-state index in [9.17, 15) is 14.4 Å². The van der Waals surface area contributed by atoms with Crippen molar-refractivity contribution < 1.29 is 23.9 Å². The molecule has 0 spiro atoms. The quantitative estimate of drug-likeness (QED) is 0.729. The van der Waals surface area contributed by atoms with E-state index in [2.05, 4.69) is 10.6 Å². The molecular weight excluding hydrogens is 348 g/mol. The molecule has 7 nitrogen and oxygen atoms in total. The first kappa shape index (κ1) is 20.0. The molecule has 0 fully saturated rings. The maximum Gasteiger partial charge on any atom is 0.325 e. The molecule has 0 atom stereocenters. The van der Waals surface area contributed by atoms with E-state index in [0.29, 0.717) is 17.0 Å². The van der Waals surface area contributed by atoms with E-state index < -0.39 is 24.4 Å². The van der Waals surface area contributed by atoms with Crippen LogP contribution in [0.15, 0.2) is 42.5 Å². The largest absolute Gasteiger partial charge is 0.497 e. The van der Waals surface area contributed by atoms with E-state index in [1.165, 1.54) is 7.11 Å². The van der Waals surface area contributed by atoms with Crippen molar-refractivity contribution in [2.45, 2.75) is 13.8 Å². The van der Waals surface area contributed by atoms with E-state index in [1.807, 2.05) is 26.0 Å². The Hall–Kier alpha value is -3.35. The Morgan fingerprint density at radius 3 is 2.30 bits per heavy atom. The SMILES string of the molecule is COc1ccc(C(=O)NCC(=O)OCC(=O)Nc2ccc(C)c(C)c2)cc1. The van der Waals surface area contributed by atoms with Crippen LogP contribution in [-0.2, 0) is 14.3 Å². The van der Waals surface area contributed by atoms with Crippen LogP contribution in [0.3, 0.4) is 0 Å². The lowest BCUT2D eigenvalue weighted by molar-refractivity contribution is -0.146. The fourth-order valence-corrected chi connectivity index (χ4v) is 2.21. The number of amides is 2. The molecule has 0 radical (unpaired) electrons. The summed E-state index contributed by atoms with van der Waals surface area (Å²) in [6, 6.07) is 12.0. The lowest BCUT2D eigenvalue weighted by Crippen LogP contribution is -2.32. The third-order valence-corrected chi connectivity index (χ3v) is 3.90. The highest BCUT2D eigenvalue weighted by molar-refractivity contribution is 5.96. The number of esters is 1. The predicted octanol–water partition coefficient (Wildman–Crippen LogP) is 2.22. The number of carbonyl (C=O) groups is 3. The van der Waals surface area contributed by atoms with Crippen molar-refractivity contribution in [3.05, 3.63) is 59.2 Å². The fraction of sp³-hybridized carbons (Fsp3) is 0.250. The van der Waals surface area contributed by atoms with Crippen molar-refractivity contribution in [2.24, 2.45) is 0 Å². The summed E-state index contributed by atoms with van der Waals surface area (Å²) in [5.41, 5.74) is 3.18. The molecule has 0 heterocycles. The number of rotatable bonds is 7. The second-order valence-corrected chi connectivity index (χ2v) is 5.92. The van der Waals surface area contributed by atoms with Gasteiger partial charge in [-0.3, -0.25) is 14.4 Å². The number of aryl methyl sites for hydroxylation is 2. The summed E-state index contributed by atoms with van der Waals surface area (Å²) >= 11 is 0. The summed E-state index contributed by atoms with van der Waals surface area (Å²) in [6.07, 6.45) is 0. The van der Waals surface area contributed by atoms with Gasteiger partial charge in [-0.2, -0.15) is 0 Å². The maximum atomic E-state index is 11.9. The van der Waals surface area contributed by atoms with Gasteiger partial charge in [-0.15, -0.1) is 0 Å². The third-order valence-electron chi connectivity index (χ3n) is 3.90. The van der Waals surface area contributed by atoms with E-state index in [1.54, 1.807) is 30.3 Å². The van der Waals surface area contributed by atoms with Crippen molar-refractivity contribution >= 4 is 23.5 Å². The second kappa shape index (κ2) is 9.38. The zero-order valence-electron chi connectivity index (χ0n) is 15.5. The average molecular weight is 370 g/mol. The van der Waals surface area contributed by atoms with Gasteiger partial charge in [-0.05, 0) is 61.4 Å². The number of nitrogens with one attached hydrogen (secondary N) is 2. The number of carbonyl (C=O) groups excluding carboxylic acids is 3. The molecule has 0 saturated carbocycles. The molecule has 2 amide bonds. The van der Waals surface area contributed by atoms with Crippen LogP contribution in [0.5, 0.6) is 5.75 Å². The molecule has 2 rings (SSSR count). The number of anilines is 1. The van der Waals surface area contributed by atoms with Gasteiger partial charge in [0, 0.05) is 11.3 Å². The number of ether oxygens (including phenoxy) is 2. The smallest absolute Gasteiger partial charge is 0.325 e. The minimum atomic E-state index is -0.702. The van der Waals surface area contributed by atoms with E-state index in [-0.39, 0.29) is 6.54 Å². The zero-order valence-corrected chi connectivity index (χ0v) is 15.5. The topological polar surface area (TPSA) is 93.7 Å². The number of hydrogen-bond acceptors (Lipinski definition) is 5. The van der Waals surface area contributed by atoms with Gasteiger partial charge in [0.1, 0.15) is 12.3 Å². The molecule has 0 unspecified atom stereocenters. The molecule has 0 aliphatic carbocycles. The van der Waals surface area contributed by atoms with Crippen LogP contribution >= 0.6 is 0 Å². The Morgan fingerprint density at radius 2 is 1.67 bits per heavy atom. The van der Waals surface area contributed by atoms with Gasteiger partial charge >= 0.3 is 5.97 Å². The summed E-state index contributed by atoms with van der Waals surface area (Å²) < 4.78 is 9.88. The number of benzene rings is 2. The van der Waals surface area contributed by atoms with Crippen LogP contribution in [0.1, 0.15) is 21.5 Å². The highest BCUT2D eigenvalue weighted by Crippen LogP contribution is 2.14. The van der Waals surface area contributed by atoms with Crippen LogP contribution in [-0.4, -0.2) is 38.0 Å². The lowest BCUT2D eigenvalue weighted by Gasteiger charge is -2.09. The molecule has 0 saturated heterocycles. The van der Waals surface area contributed by atoms with Crippen molar-refractivity contribution in [2.75, 3.05) is 25.6 Å². The van der Waals surface area contributed by atoms with E-state index in [0.717, 1.165) is 11.1 Å². The highest BCUT2D eigenvalue weighted by atomic mass is 16.5. The normalized spacial score (nSPS) is 10.0. The lowest BCUT2D eigenvalue weighted by atomic mass is 10.1. The van der Waals surface area contributed by atoms with Crippen LogP contribution in [0, 0.1) is 13.8 Å². The Morgan fingerprint density at radius 1 is 0.963 bits per heavy atom. The van der Waals surface area contributed by atoms with Gasteiger partial charge in [0.2, 0.25) is 0 Å². The number of hydrogen-bond donors (Lipinski definition) is 2. The molecule has 7 heteroatoms. The Labute approximate surface area is 157 Å². The zero-order chi connectivity index (χ0) is 19.8. The monoisotopic (exact) mass is 370 g/mol. The van der Waals surface area contributed by atoms with Crippen molar-refractivity contribution in [1.29, 1.82) is 0 Å². The van der Waals surface area contributed by atoms with E-state index >= 15 is 0 Å². The molecule has 0 bridgehead atoms. The molecule has 0 aliphatic heterocycles. The first-order valence-corrected chi connectivity index (χ1v) is 8.34. The highest BCUT2D eigenvalue weighted by Gasteiger charge is 2.11. The summed E-state index contributed by atoms with van der Waals surface area (Å²) in [7, 11) is 1.53. The average Bonchev–Trinajstić information content (AvgIpc) is 2.67. The first-order valence-electron chi connectivity index (χ1n) is 8.34. The van der Waals surface area contributed by atoms with Gasteiger partial charge in [0.25, 0.3) is 11.8 Å². The first-order chi connectivity index (χ1) is 12.9. The minimum Gasteiger partial charge on any atom is -0.497 e. The third kappa shape index (κ3) is 6.14. The second-order valence-electron chi connectivity index (χ2n) is 5.92. The van der Waals surface area contributed by atoms with Crippen molar-refractivity contribution in [3.8, 4) is 5.75 Å². The fourth-order valence-electron chi connectivity index (χ4n) is 2.21. The van der Waals surface area contributed by atoms with Crippen LogP contribution in [0.2, 0.25) is 0 Å². The maximum absolute atomic E-state index is 11.9. The van der Waals surface area contributed by atoms with Crippen LogP contribution in [0.4, 0.5) is 5.69 Å². The molecule has 2 N–H and O–H groups in total. The van der Waals surface area contributed by atoms with Crippen molar-refractivity contribution in [1.82, 2.24) is 5.32 Å². The van der Waals surface area contributed by atoms with Crippen LogP contribution < -0.4 is 15.4 Å². The summed E-state index contributed by atoms with van der Waals surface area (Å²) in [5, 5.41) is 5.09. The summed E-state index contributed by atoms with van der Waals surface area (Å²) in [5.74, 6) is -0.949. The van der Waals surface area contributed by atoms with Crippen molar-refractivity contribution in [3.63, 3.8) is 0 Å². The Bertz CT molecular complexity index is 831. The number of methoxy groups -OCH3 is 1. The van der Waals surface area contributed by atoms with Gasteiger partial charge in [0.05, 0.1) is 7.11 Å². The summed E-state index contributed by atoms with van der Waals surface area (Å²) in [6.45, 7) is 3.16. The molecule has 2 aromatic rings. The minimum absolute atomic E-state index is 0.332. The Kier molecular flexibility index (Phi) is 6.93. The van der Waals surface area contributed by atoms with Gasteiger partial charge in [-0.1, -0.05) is 6.07 Å². The Balaban J connectivity index is 1.74. The predicted molar refractivity (Wildman–Crippen MR) is 101 cm³/mol. The molecule has 27 heavy (non-hydrogen) atoms. The standard InChI is InChI=1S/C20H22N2O5/c1-13-4-7-16(10-14(13)2)22-18(23)12-27-19(24)11-21-20(25)15-5-8-17(26-3)9-6-15/h4-10H,11-12H2,1-3H3,(H,21,25)(H,22,23). The van der Waals surface area contributed by atoms with Gasteiger partial charge in [0.15, 0.2) is 6.61 Å².